The van der Waals surface area contributed by atoms with Crippen LogP contribution in [-0.2, 0) is 23.7 Å². The van der Waals surface area contributed by atoms with E-state index in [0.717, 1.165) is 32.1 Å². The smallest absolute Gasteiger partial charge is 0.305 e. The summed E-state index contributed by atoms with van der Waals surface area (Å²) in [5, 5.41) is 60.4. The highest BCUT2D eigenvalue weighted by molar-refractivity contribution is 5.67. The fourth-order valence-corrected chi connectivity index (χ4v) is 4.12. The first-order valence-corrected chi connectivity index (χ1v) is 11.8. The Morgan fingerprint density at radius 2 is 1.39 bits per heavy atom. The average molecular weight is 481 g/mol. The number of hydrogen-bond acceptors (Lipinski definition) is 10. The van der Waals surface area contributed by atoms with Crippen molar-refractivity contribution in [2.75, 3.05) is 0 Å². The molecule has 2 aliphatic rings. The first kappa shape index (κ1) is 28.3. The molecule has 0 saturated carbocycles. The van der Waals surface area contributed by atoms with E-state index in [-0.39, 0.29) is 6.42 Å². The molecular formula is C22H40O11. The average Bonchev–Trinajstić information content (AvgIpc) is 2.76. The highest BCUT2D eigenvalue weighted by Crippen LogP contribution is 2.31. The van der Waals surface area contributed by atoms with E-state index in [1.807, 2.05) is 0 Å². The van der Waals surface area contributed by atoms with Crippen LogP contribution in [0.15, 0.2) is 0 Å². The lowest BCUT2D eigenvalue weighted by atomic mass is 9.97. The Morgan fingerprint density at radius 1 is 0.818 bits per heavy atom. The van der Waals surface area contributed by atoms with Gasteiger partial charge in [-0.15, -0.1) is 0 Å². The molecule has 6 N–H and O–H groups in total. The van der Waals surface area contributed by atoms with Crippen LogP contribution in [0.5, 0.6) is 0 Å². The Hall–Kier alpha value is -0.890. The lowest BCUT2D eigenvalue weighted by Gasteiger charge is -2.46. The van der Waals surface area contributed by atoms with Crippen molar-refractivity contribution in [1.82, 2.24) is 0 Å². The summed E-state index contributed by atoms with van der Waals surface area (Å²) in [4.78, 5) is 11.4. The minimum atomic E-state index is -1.63. The van der Waals surface area contributed by atoms with E-state index < -0.39 is 73.5 Å². The Morgan fingerprint density at radius 3 is 2.00 bits per heavy atom. The lowest BCUT2D eigenvalue weighted by Crippen LogP contribution is -2.63. The summed E-state index contributed by atoms with van der Waals surface area (Å²) in [6.45, 7) is 5.12. The first-order valence-electron chi connectivity index (χ1n) is 11.8. The zero-order valence-corrected chi connectivity index (χ0v) is 19.5. The number of aliphatic hydroxyl groups excluding tert-OH is 5. The standard InChI is InChI=1S/C22H40O11/c1-4-5-6-7-8-9-13(10-14(23)24)32-22-20(18(28)16(26)12(3)31-22)33-21-19(29)17(27)15(25)11(2)30-21/h11-13,15-22,25-29H,4-10H2,1-3H3,(H,23,24). The fraction of sp³-hybridized carbons (Fsp3) is 0.955. The van der Waals surface area contributed by atoms with Gasteiger partial charge in [-0.1, -0.05) is 39.0 Å². The maximum atomic E-state index is 11.4. The van der Waals surface area contributed by atoms with Gasteiger partial charge >= 0.3 is 5.97 Å². The largest absolute Gasteiger partial charge is 0.481 e. The lowest BCUT2D eigenvalue weighted by molar-refractivity contribution is -0.366. The number of carboxylic acid groups (broad SMARTS) is 1. The molecule has 0 radical (unpaired) electrons. The number of carboxylic acids is 1. The molecule has 0 aromatic rings. The second-order valence-corrected chi connectivity index (χ2v) is 9.03. The van der Waals surface area contributed by atoms with Crippen molar-refractivity contribution in [3.63, 3.8) is 0 Å². The molecule has 11 atom stereocenters. The molecule has 194 valence electrons. The Bertz CT molecular complexity index is 591. The van der Waals surface area contributed by atoms with Gasteiger partial charge in [-0.25, -0.2) is 0 Å². The molecule has 0 aromatic carbocycles. The number of aliphatic carboxylic acids is 1. The van der Waals surface area contributed by atoms with Gasteiger partial charge in [-0.05, 0) is 20.3 Å². The molecule has 2 fully saturated rings. The number of aliphatic hydroxyl groups is 5. The second-order valence-electron chi connectivity index (χ2n) is 9.03. The number of unbranched alkanes of at least 4 members (excludes halogenated alkanes) is 4. The molecule has 33 heavy (non-hydrogen) atoms. The van der Waals surface area contributed by atoms with Crippen LogP contribution in [0.1, 0.15) is 65.7 Å². The molecule has 0 aromatic heterocycles. The van der Waals surface area contributed by atoms with E-state index in [9.17, 15) is 35.4 Å². The predicted molar refractivity (Wildman–Crippen MR) is 114 cm³/mol. The molecule has 11 unspecified atom stereocenters. The van der Waals surface area contributed by atoms with Gasteiger partial charge in [0, 0.05) is 0 Å². The number of ether oxygens (including phenoxy) is 4. The van der Waals surface area contributed by atoms with E-state index in [2.05, 4.69) is 6.92 Å². The van der Waals surface area contributed by atoms with Crippen LogP contribution in [-0.4, -0.2) is 104 Å². The van der Waals surface area contributed by atoms with Gasteiger partial charge in [0.25, 0.3) is 0 Å². The summed E-state index contributed by atoms with van der Waals surface area (Å²) in [6.07, 6.45) is -8.75. The maximum absolute atomic E-state index is 11.4. The molecule has 2 aliphatic heterocycles. The van der Waals surface area contributed by atoms with E-state index in [0.29, 0.717) is 6.42 Å². The van der Waals surface area contributed by atoms with Crippen molar-refractivity contribution < 1.29 is 54.4 Å². The Kier molecular flexibility index (Phi) is 11.4. The maximum Gasteiger partial charge on any atom is 0.305 e. The molecule has 0 spiro atoms. The SMILES string of the molecule is CCCCCCCC(CC(=O)O)OC1OC(C)C(O)C(O)C1OC1OC(C)C(O)C(O)C1O. The van der Waals surface area contributed by atoms with Crippen LogP contribution >= 0.6 is 0 Å². The molecule has 11 heteroatoms. The summed E-state index contributed by atoms with van der Waals surface area (Å²) < 4.78 is 22.7. The third-order valence-electron chi connectivity index (χ3n) is 6.24. The van der Waals surface area contributed by atoms with Crippen LogP contribution in [0.3, 0.4) is 0 Å². The van der Waals surface area contributed by atoms with Crippen molar-refractivity contribution in [2.45, 2.75) is 133 Å². The van der Waals surface area contributed by atoms with Gasteiger partial charge in [0.05, 0.1) is 24.7 Å². The predicted octanol–water partition coefficient (Wildman–Crippen LogP) is -0.114. The van der Waals surface area contributed by atoms with E-state index in [1.54, 1.807) is 0 Å². The highest BCUT2D eigenvalue weighted by atomic mass is 16.8. The first-order chi connectivity index (χ1) is 15.6. The summed E-state index contributed by atoms with van der Waals surface area (Å²) in [5.41, 5.74) is 0. The fourth-order valence-electron chi connectivity index (χ4n) is 4.12. The van der Waals surface area contributed by atoms with E-state index in [1.165, 1.54) is 13.8 Å². The van der Waals surface area contributed by atoms with E-state index >= 15 is 0 Å². The van der Waals surface area contributed by atoms with Crippen molar-refractivity contribution in [3.8, 4) is 0 Å². The van der Waals surface area contributed by atoms with Crippen LogP contribution in [0, 0.1) is 0 Å². The zero-order valence-electron chi connectivity index (χ0n) is 19.5. The summed E-state index contributed by atoms with van der Waals surface area (Å²) in [6, 6.07) is 0. The summed E-state index contributed by atoms with van der Waals surface area (Å²) >= 11 is 0. The topological polar surface area (TPSA) is 175 Å². The van der Waals surface area contributed by atoms with Gasteiger partial charge in [-0.3, -0.25) is 4.79 Å². The van der Waals surface area contributed by atoms with Gasteiger partial charge < -0.3 is 49.6 Å². The van der Waals surface area contributed by atoms with E-state index in [4.69, 9.17) is 18.9 Å². The van der Waals surface area contributed by atoms with Gasteiger partial charge in [0.15, 0.2) is 12.6 Å². The number of carbonyl (C=O) groups is 1. The Balaban J connectivity index is 2.11. The van der Waals surface area contributed by atoms with Crippen molar-refractivity contribution in [2.24, 2.45) is 0 Å². The van der Waals surface area contributed by atoms with Gasteiger partial charge in [0.1, 0.15) is 36.6 Å². The van der Waals surface area contributed by atoms with Crippen molar-refractivity contribution in [1.29, 1.82) is 0 Å². The molecule has 0 amide bonds. The third-order valence-corrected chi connectivity index (χ3v) is 6.24. The second kappa shape index (κ2) is 13.3. The molecule has 0 aliphatic carbocycles. The minimum absolute atomic E-state index is 0.280. The molecule has 2 heterocycles. The summed E-state index contributed by atoms with van der Waals surface area (Å²) in [5.74, 6) is -1.05. The van der Waals surface area contributed by atoms with Crippen LogP contribution in [0.2, 0.25) is 0 Å². The van der Waals surface area contributed by atoms with Crippen LogP contribution < -0.4 is 0 Å². The molecular weight excluding hydrogens is 440 g/mol. The Labute approximate surface area is 194 Å². The molecule has 2 saturated heterocycles. The quantitative estimate of drug-likeness (QED) is 0.205. The molecule has 2 rings (SSSR count). The molecule has 11 nitrogen and oxygen atoms in total. The normalized spacial score (nSPS) is 40.5. The summed E-state index contributed by atoms with van der Waals surface area (Å²) in [7, 11) is 0. The molecule has 0 bridgehead atoms. The van der Waals surface area contributed by atoms with Gasteiger partial charge in [-0.2, -0.15) is 0 Å². The minimum Gasteiger partial charge on any atom is -0.481 e. The van der Waals surface area contributed by atoms with Crippen LogP contribution in [0.4, 0.5) is 0 Å². The van der Waals surface area contributed by atoms with Crippen molar-refractivity contribution in [3.05, 3.63) is 0 Å². The highest BCUT2D eigenvalue weighted by Gasteiger charge is 2.50. The third kappa shape index (κ3) is 7.81. The van der Waals surface area contributed by atoms with Gasteiger partial charge in [0.2, 0.25) is 0 Å². The number of rotatable bonds is 12. The van der Waals surface area contributed by atoms with Crippen LogP contribution in [0.25, 0.3) is 0 Å². The van der Waals surface area contributed by atoms with Crippen molar-refractivity contribution >= 4 is 5.97 Å². The zero-order chi connectivity index (χ0) is 24.7. The number of hydrogen-bond donors (Lipinski definition) is 6. The monoisotopic (exact) mass is 480 g/mol.